The lowest BCUT2D eigenvalue weighted by molar-refractivity contribution is -0.118. The first-order valence-corrected chi connectivity index (χ1v) is 6.90. The predicted octanol–water partition coefficient (Wildman–Crippen LogP) is 1.71. The third-order valence-corrected chi connectivity index (χ3v) is 3.19. The Morgan fingerprint density at radius 1 is 1.13 bits per heavy atom. The highest BCUT2D eigenvalue weighted by Crippen LogP contribution is 2.15. The van der Waals surface area contributed by atoms with Crippen molar-refractivity contribution in [3.05, 3.63) is 60.4 Å². The number of hydrogen-bond acceptors (Lipinski definition) is 4. The molecule has 1 heterocycles. The highest BCUT2D eigenvalue weighted by atomic mass is 19.1. The molecule has 2 amide bonds. The third kappa shape index (κ3) is 3.18. The molecular formula is C16H13FN4O2. The molecule has 6 nitrogen and oxygen atoms in total. The molecular weight excluding hydrogens is 299 g/mol. The van der Waals surface area contributed by atoms with Gasteiger partial charge in [-0.15, -0.1) is 0 Å². The summed E-state index contributed by atoms with van der Waals surface area (Å²) in [6, 6.07) is 14.6. The van der Waals surface area contributed by atoms with Crippen LogP contribution in [-0.4, -0.2) is 24.2 Å². The lowest BCUT2D eigenvalue weighted by atomic mass is 10.3. The maximum Gasteiger partial charge on any atom is 0.292 e. The summed E-state index contributed by atoms with van der Waals surface area (Å²) < 4.78 is 13.6. The van der Waals surface area contributed by atoms with Crippen LogP contribution in [0.25, 0.3) is 0 Å². The number of benzene rings is 2. The van der Waals surface area contributed by atoms with E-state index in [1.807, 2.05) is 6.07 Å². The Balaban J connectivity index is 1.77. The van der Waals surface area contributed by atoms with E-state index in [-0.39, 0.29) is 24.0 Å². The first kappa shape index (κ1) is 14.7. The molecule has 23 heavy (non-hydrogen) atoms. The van der Waals surface area contributed by atoms with E-state index in [0.717, 1.165) is 0 Å². The van der Waals surface area contributed by atoms with Gasteiger partial charge in [-0.05, 0) is 24.3 Å². The molecule has 7 heteroatoms. The number of nitrogens with zero attached hydrogens (tertiary/aromatic N) is 2. The van der Waals surface area contributed by atoms with E-state index < -0.39 is 11.7 Å². The molecule has 0 aromatic heterocycles. The van der Waals surface area contributed by atoms with E-state index >= 15 is 0 Å². The van der Waals surface area contributed by atoms with Gasteiger partial charge in [0.15, 0.2) is 0 Å². The number of halogens is 1. The molecule has 0 fully saturated rings. The van der Waals surface area contributed by atoms with Gasteiger partial charge in [-0.25, -0.2) is 9.40 Å². The quantitative estimate of drug-likeness (QED) is 0.906. The van der Waals surface area contributed by atoms with Crippen LogP contribution in [0.2, 0.25) is 0 Å². The van der Waals surface area contributed by atoms with Gasteiger partial charge in [-0.1, -0.05) is 30.3 Å². The van der Waals surface area contributed by atoms with Crippen molar-refractivity contribution in [2.75, 3.05) is 16.9 Å². The standard InChI is InChI=1S/C16H13FN4O2/c17-12-8-4-5-9-13(12)19-16(23)15-18-10-14(22)21(20-15)11-6-2-1-3-7-11/h1-9H,10H2,(H,18,20)(H,19,23). The summed E-state index contributed by atoms with van der Waals surface area (Å²) >= 11 is 0. The summed E-state index contributed by atoms with van der Waals surface area (Å²) in [5.41, 5.74) is 3.29. The molecule has 0 unspecified atom stereocenters. The molecule has 116 valence electrons. The summed E-state index contributed by atoms with van der Waals surface area (Å²) in [7, 11) is 0. The summed E-state index contributed by atoms with van der Waals surface area (Å²) in [4.78, 5) is 28.0. The Labute approximate surface area is 131 Å². The summed E-state index contributed by atoms with van der Waals surface area (Å²) in [6.45, 7) is -0.165. The zero-order valence-electron chi connectivity index (χ0n) is 12.0. The average Bonchev–Trinajstić information content (AvgIpc) is 2.58. The normalized spacial score (nSPS) is 14.0. The fraction of sp³-hybridized carbons (Fsp3) is 0.0625. The number of nitrogens with one attached hydrogen (secondary N) is 2. The van der Waals surface area contributed by atoms with Gasteiger partial charge >= 0.3 is 0 Å². The molecule has 0 spiro atoms. The summed E-state index contributed by atoms with van der Waals surface area (Å²) in [5.74, 6) is -1.52. The summed E-state index contributed by atoms with van der Waals surface area (Å²) in [6.07, 6.45) is 0. The molecule has 2 aromatic rings. The van der Waals surface area contributed by atoms with E-state index in [1.165, 1.54) is 23.2 Å². The maximum absolute atomic E-state index is 13.6. The Kier molecular flexibility index (Phi) is 4.01. The van der Waals surface area contributed by atoms with Gasteiger partial charge in [-0.3, -0.25) is 20.0 Å². The third-order valence-electron chi connectivity index (χ3n) is 3.19. The number of amidine groups is 1. The largest absolute Gasteiger partial charge is 0.317 e. The van der Waals surface area contributed by atoms with E-state index in [4.69, 9.17) is 0 Å². The van der Waals surface area contributed by atoms with Gasteiger partial charge in [0.2, 0.25) is 5.84 Å². The minimum absolute atomic E-state index is 0.0464. The number of anilines is 2. The minimum Gasteiger partial charge on any atom is -0.317 e. The van der Waals surface area contributed by atoms with Crippen molar-refractivity contribution in [3.8, 4) is 0 Å². The lowest BCUT2D eigenvalue weighted by Crippen LogP contribution is -2.54. The van der Waals surface area contributed by atoms with Gasteiger partial charge in [0.25, 0.3) is 11.8 Å². The van der Waals surface area contributed by atoms with Crippen molar-refractivity contribution in [1.82, 2.24) is 5.43 Å². The smallest absolute Gasteiger partial charge is 0.292 e. The molecule has 0 saturated carbocycles. The van der Waals surface area contributed by atoms with Gasteiger partial charge in [-0.2, -0.15) is 0 Å². The predicted molar refractivity (Wildman–Crippen MR) is 84.4 cm³/mol. The van der Waals surface area contributed by atoms with Crippen molar-refractivity contribution in [2.45, 2.75) is 0 Å². The van der Waals surface area contributed by atoms with Crippen LogP contribution in [0.3, 0.4) is 0 Å². The number of hydrazine groups is 1. The van der Waals surface area contributed by atoms with Crippen LogP contribution in [0.1, 0.15) is 0 Å². The van der Waals surface area contributed by atoms with Crippen LogP contribution in [0.4, 0.5) is 15.8 Å². The van der Waals surface area contributed by atoms with Gasteiger partial charge < -0.3 is 5.32 Å². The molecule has 2 aromatic carbocycles. The fourth-order valence-electron chi connectivity index (χ4n) is 2.07. The number of para-hydroxylation sites is 2. The molecule has 1 aliphatic heterocycles. The van der Waals surface area contributed by atoms with Gasteiger partial charge in [0.1, 0.15) is 12.4 Å². The van der Waals surface area contributed by atoms with Crippen LogP contribution in [0.15, 0.2) is 59.6 Å². The molecule has 3 rings (SSSR count). The molecule has 0 atom stereocenters. The zero-order chi connectivity index (χ0) is 16.2. The van der Waals surface area contributed by atoms with Gasteiger partial charge in [0.05, 0.1) is 11.4 Å². The van der Waals surface area contributed by atoms with Crippen molar-refractivity contribution >= 4 is 29.0 Å². The van der Waals surface area contributed by atoms with Crippen molar-refractivity contribution in [2.24, 2.45) is 4.99 Å². The first-order chi connectivity index (χ1) is 11.1. The number of amides is 2. The van der Waals surface area contributed by atoms with Crippen LogP contribution in [-0.2, 0) is 9.59 Å². The van der Waals surface area contributed by atoms with Crippen molar-refractivity contribution in [3.63, 3.8) is 0 Å². The molecule has 2 N–H and O–H groups in total. The SMILES string of the molecule is O=C(Nc1ccccc1F)C1=NCC(=O)N(c2ccccc2)N1. The lowest BCUT2D eigenvalue weighted by Gasteiger charge is -2.27. The Bertz CT molecular complexity index is 777. The maximum atomic E-state index is 13.6. The van der Waals surface area contributed by atoms with Crippen LogP contribution < -0.4 is 15.8 Å². The first-order valence-electron chi connectivity index (χ1n) is 6.90. The fourth-order valence-corrected chi connectivity index (χ4v) is 2.07. The molecule has 0 aliphatic carbocycles. The number of rotatable bonds is 3. The molecule has 0 radical (unpaired) electrons. The van der Waals surface area contributed by atoms with E-state index in [1.54, 1.807) is 30.3 Å². The number of carbonyl (C=O) groups excluding carboxylic acids is 2. The molecule has 1 aliphatic rings. The van der Waals surface area contributed by atoms with Crippen LogP contribution >= 0.6 is 0 Å². The monoisotopic (exact) mass is 312 g/mol. The van der Waals surface area contributed by atoms with Gasteiger partial charge in [0, 0.05) is 0 Å². The van der Waals surface area contributed by atoms with E-state index in [0.29, 0.717) is 5.69 Å². The highest BCUT2D eigenvalue weighted by Gasteiger charge is 2.25. The van der Waals surface area contributed by atoms with Crippen LogP contribution in [0.5, 0.6) is 0 Å². The second-order valence-corrected chi connectivity index (χ2v) is 4.78. The number of hydrogen-bond donors (Lipinski definition) is 2. The number of carbonyl (C=O) groups is 2. The minimum atomic E-state index is -0.622. The second-order valence-electron chi connectivity index (χ2n) is 4.78. The molecule has 0 saturated heterocycles. The topological polar surface area (TPSA) is 73.8 Å². The second kappa shape index (κ2) is 6.27. The Morgan fingerprint density at radius 2 is 1.83 bits per heavy atom. The number of aliphatic imine (C=N–C) groups is 1. The van der Waals surface area contributed by atoms with Crippen LogP contribution in [0, 0.1) is 5.82 Å². The van der Waals surface area contributed by atoms with Crippen molar-refractivity contribution in [1.29, 1.82) is 0 Å². The van der Waals surface area contributed by atoms with E-state index in [9.17, 15) is 14.0 Å². The average molecular weight is 312 g/mol. The Morgan fingerprint density at radius 3 is 2.57 bits per heavy atom. The zero-order valence-corrected chi connectivity index (χ0v) is 12.0. The summed E-state index contributed by atoms with van der Waals surface area (Å²) in [5, 5.41) is 3.66. The highest BCUT2D eigenvalue weighted by molar-refractivity contribution is 6.43. The van der Waals surface area contributed by atoms with E-state index in [2.05, 4.69) is 15.7 Å². The molecule has 0 bridgehead atoms. The Hall–Kier alpha value is -3.22. The van der Waals surface area contributed by atoms with Crippen molar-refractivity contribution < 1.29 is 14.0 Å².